The summed E-state index contributed by atoms with van der Waals surface area (Å²) < 4.78 is 0. The van der Waals surface area contributed by atoms with Gasteiger partial charge in [-0.1, -0.05) is 35.9 Å². The third-order valence-electron chi connectivity index (χ3n) is 3.19. The Kier molecular flexibility index (Phi) is 5.55. The Hall–Kier alpha value is -2.33. The minimum Gasteiger partial charge on any atom is -0.369 e. The second kappa shape index (κ2) is 7.61. The van der Waals surface area contributed by atoms with E-state index < -0.39 is 11.8 Å². The number of carbonyl (C=O) groups is 2. The number of anilines is 1. The van der Waals surface area contributed by atoms with Gasteiger partial charge in [0, 0.05) is 10.7 Å². The summed E-state index contributed by atoms with van der Waals surface area (Å²) >= 11 is 5.86. The molecule has 0 atom stereocenters. The maximum atomic E-state index is 11.4. The molecule has 0 aliphatic carbocycles. The predicted octanol–water partition coefficient (Wildman–Crippen LogP) is 2.94. The van der Waals surface area contributed by atoms with E-state index in [0.717, 1.165) is 17.9 Å². The summed E-state index contributed by atoms with van der Waals surface area (Å²) in [6.07, 6.45) is 1.51. The molecule has 2 aromatic rings. The van der Waals surface area contributed by atoms with Crippen LogP contribution < -0.4 is 11.1 Å². The van der Waals surface area contributed by atoms with Crippen LogP contribution in [-0.2, 0) is 22.4 Å². The number of benzene rings is 2. The fraction of sp³-hybridized carbons (Fsp3) is 0.176. The molecule has 4 nitrogen and oxygen atoms in total. The molecule has 2 aromatic carbocycles. The number of aryl methyl sites for hydroxylation is 2. The van der Waals surface area contributed by atoms with Gasteiger partial charge in [-0.25, -0.2) is 0 Å². The van der Waals surface area contributed by atoms with E-state index in [1.165, 1.54) is 11.1 Å². The largest absolute Gasteiger partial charge is 0.369 e. The van der Waals surface area contributed by atoms with Crippen molar-refractivity contribution in [2.45, 2.75) is 19.3 Å². The summed E-state index contributed by atoms with van der Waals surface area (Å²) in [6, 6.07) is 15.3. The lowest BCUT2D eigenvalue weighted by atomic mass is 10.0. The van der Waals surface area contributed by atoms with Crippen molar-refractivity contribution in [3.05, 3.63) is 64.7 Å². The van der Waals surface area contributed by atoms with Crippen LogP contribution in [0.25, 0.3) is 0 Å². The Labute approximate surface area is 134 Å². The van der Waals surface area contributed by atoms with Gasteiger partial charge in [-0.05, 0) is 48.2 Å². The molecule has 0 aromatic heterocycles. The lowest BCUT2D eigenvalue weighted by Gasteiger charge is -2.06. The number of nitrogens with two attached hydrogens (primary N) is 1. The molecule has 2 rings (SSSR count). The minimum atomic E-state index is -0.642. The van der Waals surface area contributed by atoms with Gasteiger partial charge in [0.25, 0.3) is 0 Å². The Morgan fingerprint density at radius 1 is 0.909 bits per heavy atom. The topological polar surface area (TPSA) is 72.2 Å². The van der Waals surface area contributed by atoms with E-state index >= 15 is 0 Å². The van der Waals surface area contributed by atoms with Crippen molar-refractivity contribution >= 4 is 29.1 Å². The summed E-state index contributed by atoms with van der Waals surface area (Å²) in [5.74, 6) is -1.04. The summed E-state index contributed by atoms with van der Waals surface area (Å²) in [7, 11) is 0. The SMILES string of the molecule is NC(=O)CC(=O)Nc1ccc(CCc2ccc(Cl)cc2)cc1. The van der Waals surface area contributed by atoms with Gasteiger partial charge >= 0.3 is 0 Å². The number of primary amides is 1. The number of hydrogen-bond donors (Lipinski definition) is 2. The maximum absolute atomic E-state index is 11.4. The Morgan fingerprint density at radius 2 is 1.41 bits per heavy atom. The third kappa shape index (κ3) is 5.22. The summed E-state index contributed by atoms with van der Waals surface area (Å²) in [5, 5.41) is 3.36. The number of amides is 2. The molecular formula is C17H17ClN2O2. The fourth-order valence-corrected chi connectivity index (χ4v) is 2.18. The fourth-order valence-electron chi connectivity index (χ4n) is 2.06. The van der Waals surface area contributed by atoms with Crippen LogP contribution in [0.3, 0.4) is 0 Å². The van der Waals surface area contributed by atoms with Crippen LogP contribution in [-0.4, -0.2) is 11.8 Å². The zero-order valence-corrected chi connectivity index (χ0v) is 12.8. The number of carbonyl (C=O) groups excluding carboxylic acids is 2. The second-order valence-corrected chi connectivity index (χ2v) is 5.45. The first-order valence-electron chi connectivity index (χ1n) is 6.94. The highest BCUT2D eigenvalue weighted by atomic mass is 35.5. The molecule has 3 N–H and O–H groups in total. The van der Waals surface area contributed by atoms with Crippen LogP contribution in [0, 0.1) is 0 Å². The van der Waals surface area contributed by atoms with Crippen LogP contribution >= 0.6 is 11.6 Å². The number of rotatable bonds is 6. The van der Waals surface area contributed by atoms with Crippen molar-refractivity contribution in [3.8, 4) is 0 Å². The third-order valence-corrected chi connectivity index (χ3v) is 3.44. The highest BCUT2D eigenvalue weighted by Gasteiger charge is 2.06. The highest BCUT2D eigenvalue weighted by molar-refractivity contribution is 6.30. The summed E-state index contributed by atoms with van der Waals surface area (Å²) in [5.41, 5.74) is 8.02. The molecule has 0 aliphatic heterocycles. The summed E-state index contributed by atoms with van der Waals surface area (Å²) in [4.78, 5) is 22.1. The van der Waals surface area contributed by atoms with E-state index in [4.69, 9.17) is 17.3 Å². The van der Waals surface area contributed by atoms with Crippen molar-refractivity contribution < 1.29 is 9.59 Å². The minimum absolute atomic E-state index is 0.307. The zero-order valence-electron chi connectivity index (χ0n) is 12.0. The van der Waals surface area contributed by atoms with Gasteiger partial charge in [0.05, 0.1) is 0 Å². The Morgan fingerprint density at radius 3 is 1.91 bits per heavy atom. The van der Waals surface area contributed by atoms with E-state index in [2.05, 4.69) is 5.32 Å². The smallest absolute Gasteiger partial charge is 0.233 e. The average Bonchev–Trinajstić information content (AvgIpc) is 2.47. The van der Waals surface area contributed by atoms with Crippen LogP contribution in [0.4, 0.5) is 5.69 Å². The molecule has 0 unspecified atom stereocenters. The molecule has 5 heteroatoms. The first kappa shape index (κ1) is 16.0. The van der Waals surface area contributed by atoms with E-state index in [-0.39, 0.29) is 6.42 Å². The Balaban J connectivity index is 1.87. The molecule has 0 fully saturated rings. The lowest BCUT2D eigenvalue weighted by Crippen LogP contribution is -2.21. The standard InChI is InChI=1S/C17H17ClN2O2/c18-14-7-3-12(4-8-14)1-2-13-5-9-15(10-6-13)20-17(22)11-16(19)21/h3-10H,1-2,11H2,(H2,19,21)(H,20,22). The van der Waals surface area contributed by atoms with E-state index in [9.17, 15) is 9.59 Å². The molecule has 0 saturated heterocycles. The molecule has 0 bridgehead atoms. The molecule has 22 heavy (non-hydrogen) atoms. The monoisotopic (exact) mass is 316 g/mol. The second-order valence-electron chi connectivity index (χ2n) is 5.01. The van der Waals surface area contributed by atoms with Gasteiger partial charge in [-0.3, -0.25) is 9.59 Å². The molecule has 114 valence electrons. The number of nitrogens with one attached hydrogen (secondary N) is 1. The molecule has 0 saturated carbocycles. The van der Waals surface area contributed by atoms with Crippen LogP contribution in [0.2, 0.25) is 5.02 Å². The van der Waals surface area contributed by atoms with E-state index in [1.807, 2.05) is 48.5 Å². The van der Waals surface area contributed by atoms with E-state index in [1.54, 1.807) is 0 Å². The highest BCUT2D eigenvalue weighted by Crippen LogP contribution is 2.14. The Bertz CT molecular complexity index is 651. The average molecular weight is 317 g/mol. The van der Waals surface area contributed by atoms with Gasteiger partial charge in [0.15, 0.2) is 0 Å². The van der Waals surface area contributed by atoms with Crippen molar-refractivity contribution in [3.63, 3.8) is 0 Å². The van der Waals surface area contributed by atoms with Crippen molar-refractivity contribution in [1.82, 2.24) is 0 Å². The lowest BCUT2D eigenvalue weighted by molar-refractivity contribution is -0.124. The number of halogens is 1. The van der Waals surface area contributed by atoms with Gasteiger partial charge in [0.2, 0.25) is 11.8 Å². The van der Waals surface area contributed by atoms with Gasteiger partial charge in [-0.15, -0.1) is 0 Å². The zero-order chi connectivity index (χ0) is 15.9. The van der Waals surface area contributed by atoms with Crippen LogP contribution in [0.5, 0.6) is 0 Å². The van der Waals surface area contributed by atoms with E-state index in [0.29, 0.717) is 5.69 Å². The molecular weight excluding hydrogens is 300 g/mol. The first-order valence-corrected chi connectivity index (χ1v) is 7.32. The first-order chi connectivity index (χ1) is 10.5. The normalized spacial score (nSPS) is 10.2. The molecule has 0 aliphatic rings. The summed E-state index contributed by atoms with van der Waals surface area (Å²) in [6.45, 7) is 0. The maximum Gasteiger partial charge on any atom is 0.233 e. The molecule has 0 heterocycles. The van der Waals surface area contributed by atoms with Crippen molar-refractivity contribution in [2.24, 2.45) is 5.73 Å². The van der Waals surface area contributed by atoms with Crippen LogP contribution in [0.1, 0.15) is 17.5 Å². The quantitative estimate of drug-likeness (QED) is 0.804. The molecule has 0 spiro atoms. The van der Waals surface area contributed by atoms with Gasteiger partial charge in [0.1, 0.15) is 6.42 Å². The van der Waals surface area contributed by atoms with Gasteiger partial charge in [-0.2, -0.15) is 0 Å². The molecule has 2 amide bonds. The van der Waals surface area contributed by atoms with Crippen LogP contribution in [0.15, 0.2) is 48.5 Å². The predicted molar refractivity (Wildman–Crippen MR) is 87.7 cm³/mol. The van der Waals surface area contributed by atoms with Crippen molar-refractivity contribution in [1.29, 1.82) is 0 Å². The molecule has 0 radical (unpaired) electrons. The van der Waals surface area contributed by atoms with Crippen molar-refractivity contribution in [2.75, 3.05) is 5.32 Å². The number of hydrogen-bond acceptors (Lipinski definition) is 2. The van der Waals surface area contributed by atoms with Gasteiger partial charge < -0.3 is 11.1 Å².